The fourth-order valence-corrected chi connectivity index (χ4v) is 2.92. The van der Waals surface area contributed by atoms with Crippen LogP contribution in [0.2, 0.25) is 0 Å². The highest BCUT2D eigenvalue weighted by molar-refractivity contribution is 5.97. The van der Waals surface area contributed by atoms with E-state index in [1.165, 1.54) is 23.0 Å². The molecular weight excluding hydrogens is 356 g/mol. The fraction of sp³-hybridized carbons (Fsp3) is 0.222. The number of Topliss-reactive ketones (excluding diaryl/α,β-unsaturated/α-hetero) is 1. The molecule has 0 atom stereocenters. The molecule has 27 heavy (non-hydrogen) atoms. The number of carbonyl (C=O) groups is 1. The number of halogens is 2. The molecule has 0 saturated carbocycles. The van der Waals surface area contributed by atoms with Gasteiger partial charge in [0.1, 0.15) is 18.1 Å². The molecule has 138 valence electrons. The van der Waals surface area contributed by atoms with Crippen molar-refractivity contribution in [1.29, 1.82) is 5.26 Å². The topological polar surface area (TPSA) is 85.7 Å². The van der Waals surface area contributed by atoms with Crippen molar-refractivity contribution in [3.05, 3.63) is 59.4 Å². The number of hydrogen-bond donors (Lipinski definition) is 0. The standard InChI is InChI=1S/C18H15F2N5O2/c1-11-7-15(16(26)9-24-10-22-23-17(24)8-21)12(2)25(11)13-3-5-14(6-4-13)27-18(19)20/h3-7,10,18H,9H2,1-2H3. The number of nitrogens with zero attached hydrogens (tertiary/aromatic N) is 5. The van der Waals surface area contributed by atoms with Gasteiger partial charge in [0.05, 0.1) is 6.54 Å². The number of benzene rings is 1. The minimum atomic E-state index is -2.88. The number of hydrogen-bond acceptors (Lipinski definition) is 5. The van der Waals surface area contributed by atoms with Crippen LogP contribution in [-0.2, 0) is 6.54 Å². The SMILES string of the molecule is Cc1cc(C(=O)Cn2cnnc2C#N)c(C)n1-c1ccc(OC(F)F)cc1. The Hall–Kier alpha value is -3.54. The van der Waals surface area contributed by atoms with Crippen LogP contribution >= 0.6 is 0 Å². The predicted molar refractivity (Wildman–Crippen MR) is 90.9 cm³/mol. The average molecular weight is 371 g/mol. The third kappa shape index (κ3) is 3.69. The van der Waals surface area contributed by atoms with Crippen molar-refractivity contribution in [3.63, 3.8) is 0 Å². The predicted octanol–water partition coefficient (Wildman–Crippen LogP) is 3.04. The zero-order chi connectivity index (χ0) is 19.6. The first-order valence-corrected chi connectivity index (χ1v) is 7.96. The summed E-state index contributed by atoms with van der Waals surface area (Å²) in [5.41, 5.74) is 2.72. The van der Waals surface area contributed by atoms with Gasteiger partial charge in [0.15, 0.2) is 5.78 Å². The average Bonchev–Trinajstić information content (AvgIpc) is 3.19. The monoisotopic (exact) mass is 371 g/mol. The Balaban J connectivity index is 1.88. The third-order valence-electron chi connectivity index (χ3n) is 4.08. The molecule has 0 aliphatic rings. The number of aromatic nitrogens is 4. The number of rotatable bonds is 6. The van der Waals surface area contributed by atoms with E-state index in [0.717, 1.165) is 5.69 Å². The summed E-state index contributed by atoms with van der Waals surface area (Å²) in [6, 6.07) is 9.78. The maximum atomic E-state index is 12.7. The quantitative estimate of drug-likeness (QED) is 0.622. The molecule has 1 aromatic carbocycles. The van der Waals surface area contributed by atoms with Crippen molar-refractivity contribution < 1.29 is 18.3 Å². The molecule has 0 aliphatic carbocycles. The Morgan fingerprint density at radius 3 is 2.63 bits per heavy atom. The second-order valence-electron chi connectivity index (χ2n) is 5.81. The van der Waals surface area contributed by atoms with Crippen molar-refractivity contribution in [2.24, 2.45) is 0 Å². The van der Waals surface area contributed by atoms with Crippen LogP contribution < -0.4 is 4.74 Å². The van der Waals surface area contributed by atoms with E-state index in [1.807, 2.05) is 17.6 Å². The highest BCUT2D eigenvalue weighted by Gasteiger charge is 2.18. The van der Waals surface area contributed by atoms with Gasteiger partial charge in [0.25, 0.3) is 0 Å². The number of carbonyl (C=O) groups excluding carboxylic acids is 1. The van der Waals surface area contributed by atoms with E-state index in [1.54, 1.807) is 25.1 Å². The molecule has 2 aromatic heterocycles. The molecule has 9 heteroatoms. The minimum Gasteiger partial charge on any atom is -0.435 e. The Kier molecular flexibility index (Phi) is 4.98. The van der Waals surface area contributed by atoms with Crippen LogP contribution in [0.4, 0.5) is 8.78 Å². The van der Waals surface area contributed by atoms with Gasteiger partial charge in [0, 0.05) is 22.6 Å². The molecule has 0 saturated heterocycles. The molecule has 0 spiro atoms. The van der Waals surface area contributed by atoms with Crippen molar-refractivity contribution in [3.8, 4) is 17.5 Å². The second kappa shape index (κ2) is 7.37. The molecule has 0 radical (unpaired) electrons. The highest BCUT2D eigenvalue weighted by Crippen LogP contribution is 2.24. The van der Waals surface area contributed by atoms with Gasteiger partial charge in [-0.05, 0) is 44.2 Å². The maximum Gasteiger partial charge on any atom is 0.387 e. The molecule has 0 unspecified atom stereocenters. The first kappa shape index (κ1) is 18.3. The largest absolute Gasteiger partial charge is 0.435 e. The second-order valence-corrected chi connectivity index (χ2v) is 5.81. The molecule has 0 aliphatic heterocycles. The van der Waals surface area contributed by atoms with Crippen LogP contribution in [0.25, 0.3) is 5.69 Å². The van der Waals surface area contributed by atoms with Gasteiger partial charge in [-0.25, -0.2) is 0 Å². The molecule has 0 fully saturated rings. The summed E-state index contributed by atoms with van der Waals surface area (Å²) in [4.78, 5) is 12.7. The van der Waals surface area contributed by atoms with E-state index < -0.39 is 6.61 Å². The van der Waals surface area contributed by atoms with E-state index in [0.29, 0.717) is 16.9 Å². The molecule has 3 aromatic rings. The lowest BCUT2D eigenvalue weighted by Gasteiger charge is -2.11. The number of alkyl halides is 2. The van der Waals surface area contributed by atoms with E-state index >= 15 is 0 Å². The van der Waals surface area contributed by atoms with Gasteiger partial charge in [0.2, 0.25) is 5.82 Å². The van der Waals surface area contributed by atoms with Gasteiger partial charge in [-0.2, -0.15) is 14.0 Å². The number of ether oxygens (including phenoxy) is 1. The Morgan fingerprint density at radius 2 is 2.00 bits per heavy atom. The highest BCUT2D eigenvalue weighted by atomic mass is 19.3. The molecule has 0 bridgehead atoms. The summed E-state index contributed by atoms with van der Waals surface area (Å²) in [5.74, 6) is -0.0702. The van der Waals surface area contributed by atoms with Crippen LogP contribution in [0, 0.1) is 25.2 Å². The number of ketones is 1. The lowest BCUT2D eigenvalue weighted by Crippen LogP contribution is -2.12. The number of nitriles is 1. The van der Waals surface area contributed by atoms with E-state index in [2.05, 4.69) is 14.9 Å². The zero-order valence-electron chi connectivity index (χ0n) is 14.6. The lowest BCUT2D eigenvalue weighted by atomic mass is 10.1. The zero-order valence-corrected chi connectivity index (χ0v) is 14.6. The normalized spacial score (nSPS) is 10.8. The van der Waals surface area contributed by atoms with Crippen LogP contribution in [0.1, 0.15) is 27.6 Å². The summed E-state index contributed by atoms with van der Waals surface area (Å²) in [6.45, 7) is 0.695. The molecule has 2 heterocycles. The van der Waals surface area contributed by atoms with Crippen LogP contribution in [0.3, 0.4) is 0 Å². The van der Waals surface area contributed by atoms with E-state index in [-0.39, 0.29) is 23.9 Å². The minimum absolute atomic E-state index is 0.0542. The van der Waals surface area contributed by atoms with Crippen LogP contribution in [0.5, 0.6) is 5.75 Å². The Bertz CT molecular complexity index is 1020. The van der Waals surface area contributed by atoms with Crippen LogP contribution in [0.15, 0.2) is 36.7 Å². The summed E-state index contributed by atoms with van der Waals surface area (Å²) >= 11 is 0. The first-order chi connectivity index (χ1) is 12.9. The summed E-state index contributed by atoms with van der Waals surface area (Å²) < 4.78 is 32.1. The third-order valence-corrected chi connectivity index (χ3v) is 4.08. The van der Waals surface area contributed by atoms with Crippen molar-refractivity contribution in [2.75, 3.05) is 0 Å². The molecule has 0 amide bonds. The summed E-state index contributed by atoms with van der Waals surface area (Å²) in [5, 5.41) is 16.2. The van der Waals surface area contributed by atoms with Gasteiger partial charge in [-0.3, -0.25) is 9.36 Å². The van der Waals surface area contributed by atoms with E-state index in [4.69, 9.17) is 5.26 Å². The van der Waals surface area contributed by atoms with Gasteiger partial charge in [-0.1, -0.05) is 0 Å². The first-order valence-electron chi connectivity index (χ1n) is 7.96. The van der Waals surface area contributed by atoms with Crippen molar-refractivity contribution >= 4 is 5.78 Å². The Labute approximate surface area is 153 Å². The van der Waals surface area contributed by atoms with Gasteiger partial charge < -0.3 is 9.30 Å². The van der Waals surface area contributed by atoms with Gasteiger partial charge >= 0.3 is 6.61 Å². The molecular formula is C18H15F2N5O2. The summed E-state index contributed by atoms with van der Waals surface area (Å²) in [6.07, 6.45) is 1.33. The Morgan fingerprint density at radius 1 is 1.30 bits per heavy atom. The lowest BCUT2D eigenvalue weighted by molar-refractivity contribution is -0.0498. The fourth-order valence-electron chi connectivity index (χ4n) is 2.92. The van der Waals surface area contributed by atoms with Crippen molar-refractivity contribution in [2.45, 2.75) is 27.0 Å². The number of aryl methyl sites for hydroxylation is 1. The van der Waals surface area contributed by atoms with Crippen LogP contribution in [-0.4, -0.2) is 31.7 Å². The molecule has 3 rings (SSSR count). The molecule has 7 nitrogen and oxygen atoms in total. The van der Waals surface area contributed by atoms with Crippen molar-refractivity contribution in [1.82, 2.24) is 19.3 Å². The maximum absolute atomic E-state index is 12.7. The van der Waals surface area contributed by atoms with E-state index in [9.17, 15) is 13.6 Å². The molecule has 0 N–H and O–H groups in total. The smallest absolute Gasteiger partial charge is 0.387 e. The summed E-state index contributed by atoms with van der Waals surface area (Å²) in [7, 11) is 0. The van der Waals surface area contributed by atoms with Gasteiger partial charge in [-0.15, -0.1) is 10.2 Å².